The van der Waals surface area contributed by atoms with Gasteiger partial charge in [0.2, 0.25) is 11.8 Å². The van der Waals surface area contributed by atoms with Crippen molar-refractivity contribution in [1.29, 1.82) is 0 Å². The van der Waals surface area contributed by atoms with E-state index in [1.54, 1.807) is 50.2 Å². The Morgan fingerprint density at radius 1 is 1.00 bits per heavy atom. The molecule has 2 N–H and O–H groups in total. The minimum absolute atomic E-state index is 0.102. The number of anilines is 2. The minimum Gasteiger partial charge on any atom is -0.326 e. The molecule has 1 aliphatic rings. The van der Waals surface area contributed by atoms with Crippen LogP contribution in [0.25, 0.3) is 5.70 Å². The number of hydrogen-bond acceptors (Lipinski definition) is 3. The molecule has 0 aliphatic carbocycles. The molecule has 0 fully saturated rings. The molecule has 0 bridgehead atoms. The molecule has 2 aromatic carbocycles. The van der Waals surface area contributed by atoms with E-state index in [1.165, 1.54) is 4.90 Å². The van der Waals surface area contributed by atoms with Gasteiger partial charge in [-0.15, -0.1) is 0 Å². The molecule has 0 aromatic heterocycles. The second-order valence-corrected chi connectivity index (χ2v) is 6.66. The highest BCUT2D eigenvalue weighted by atomic mass is 16.2. The summed E-state index contributed by atoms with van der Waals surface area (Å²) in [7, 11) is 0. The van der Waals surface area contributed by atoms with E-state index >= 15 is 0 Å². The summed E-state index contributed by atoms with van der Waals surface area (Å²) in [5.74, 6) is -0.819. The van der Waals surface area contributed by atoms with Gasteiger partial charge in [-0.3, -0.25) is 19.3 Å². The van der Waals surface area contributed by atoms with Gasteiger partial charge in [-0.25, -0.2) is 0 Å². The molecule has 0 radical (unpaired) electrons. The lowest BCUT2D eigenvalue weighted by atomic mass is 10.1. The maximum atomic E-state index is 12.5. The van der Waals surface area contributed by atoms with E-state index in [2.05, 4.69) is 17.2 Å². The lowest BCUT2D eigenvalue weighted by Crippen LogP contribution is -2.32. The van der Waals surface area contributed by atoms with Crippen molar-refractivity contribution in [3.05, 3.63) is 66.2 Å². The Bertz CT molecular complexity index is 899. The number of carbonyl (C=O) groups is 3. The number of nitrogens with zero attached hydrogens (tertiary/aromatic N) is 1. The van der Waals surface area contributed by atoms with Crippen LogP contribution in [0.4, 0.5) is 11.4 Å². The highest BCUT2D eigenvalue weighted by Crippen LogP contribution is 2.30. The van der Waals surface area contributed by atoms with Crippen molar-refractivity contribution in [2.24, 2.45) is 5.92 Å². The van der Waals surface area contributed by atoms with Gasteiger partial charge in [-0.2, -0.15) is 0 Å². The highest BCUT2D eigenvalue weighted by Gasteiger charge is 2.31. The zero-order valence-electron chi connectivity index (χ0n) is 15.3. The molecule has 1 aliphatic heterocycles. The summed E-state index contributed by atoms with van der Waals surface area (Å²) in [5, 5.41) is 5.54. The van der Waals surface area contributed by atoms with Crippen molar-refractivity contribution in [2.45, 2.75) is 13.8 Å². The topological polar surface area (TPSA) is 78.5 Å². The Kier molecular flexibility index (Phi) is 5.07. The first-order valence-electron chi connectivity index (χ1n) is 8.68. The molecule has 6 nitrogen and oxygen atoms in total. The van der Waals surface area contributed by atoms with Crippen molar-refractivity contribution < 1.29 is 14.4 Å². The van der Waals surface area contributed by atoms with Crippen LogP contribution >= 0.6 is 0 Å². The van der Waals surface area contributed by atoms with Gasteiger partial charge in [0.15, 0.2) is 0 Å². The molecular formula is C21H21N3O3. The molecule has 3 amide bonds. The van der Waals surface area contributed by atoms with E-state index in [-0.39, 0.29) is 30.2 Å². The van der Waals surface area contributed by atoms with Crippen molar-refractivity contribution in [2.75, 3.05) is 17.2 Å². The smallest absolute Gasteiger partial charge is 0.259 e. The first kappa shape index (κ1) is 18.4. The number of amides is 3. The van der Waals surface area contributed by atoms with E-state index in [4.69, 9.17) is 0 Å². The normalized spacial score (nSPS) is 12.9. The Morgan fingerprint density at radius 2 is 1.63 bits per heavy atom. The van der Waals surface area contributed by atoms with Gasteiger partial charge in [0, 0.05) is 34.1 Å². The summed E-state index contributed by atoms with van der Waals surface area (Å²) in [6.45, 7) is 7.41. The third-order valence-corrected chi connectivity index (χ3v) is 4.28. The second-order valence-electron chi connectivity index (χ2n) is 6.66. The number of nitrogens with one attached hydrogen (secondary N) is 2. The Balaban J connectivity index is 1.66. The minimum atomic E-state index is -0.343. The summed E-state index contributed by atoms with van der Waals surface area (Å²) < 4.78 is 0. The first-order valence-corrected chi connectivity index (χ1v) is 8.68. The molecule has 6 heteroatoms. The third kappa shape index (κ3) is 3.89. The summed E-state index contributed by atoms with van der Waals surface area (Å²) in [5.41, 5.74) is 2.95. The first-order chi connectivity index (χ1) is 12.9. The average Bonchev–Trinajstić information content (AvgIpc) is 2.87. The Labute approximate surface area is 157 Å². The molecule has 0 unspecified atom stereocenters. The number of hydrogen-bond donors (Lipinski definition) is 2. The van der Waals surface area contributed by atoms with Crippen molar-refractivity contribution >= 4 is 34.8 Å². The number of fused-ring (bicyclic) bond motifs is 1. The fraction of sp³-hybridized carbons (Fsp3) is 0.190. The van der Waals surface area contributed by atoms with E-state index < -0.39 is 0 Å². The van der Waals surface area contributed by atoms with E-state index in [1.807, 2.05) is 12.1 Å². The molecule has 0 saturated carbocycles. The molecule has 2 aromatic rings. The van der Waals surface area contributed by atoms with Crippen molar-refractivity contribution in [1.82, 2.24) is 4.90 Å². The highest BCUT2D eigenvalue weighted by molar-refractivity contribution is 6.11. The average molecular weight is 363 g/mol. The second kappa shape index (κ2) is 7.45. The van der Waals surface area contributed by atoms with Gasteiger partial charge >= 0.3 is 0 Å². The van der Waals surface area contributed by atoms with Gasteiger partial charge < -0.3 is 10.6 Å². The molecule has 3 rings (SSSR count). The predicted octanol–water partition coefficient (Wildman–Crippen LogP) is 3.35. The maximum Gasteiger partial charge on any atom is 0.259 e. The quantitative estimate of drug-likeness (QED) is 0.855. The zero-order chi connectivity index (χ0) is 19.6. The summed E-state index contributed by atoms with van der Waals surface area (Å²) >= 11 is 0. The molecule has 27 heavy (non-hydrogen) atoms. The zero-order valence-corrected chi connectivity index (χ0v) is 15.3. The fourth-order valence-electron chi connectivity index (χ4n) is 2.81. The van der Waals surface area contributed by atoms with Gasteiger partial charge in [0.25, 0.3) is 5.91 Å². The lowest BCUT2D eigenvalue weighted by Gasteiger charge is -2.17. The number of rotatable bonds is 5. The molecule has 0 atom stereocenters. The van der Waals surface area contributed by atoms with Crippen LogP contribution in [0.1, 0.15) is 29.8 Å². The maximum absolute atomic E-state index is 12.5. The Hall–Kier alpha value is -3.41. The van der Waals surface area contributed by atoms with Crippen LogP contribution in [-0.4, -0.2) is 29.2 Å². The van der Waals surface area contributed by atoms with Crippen molar-refractivity contribution in [3.8, 4) is 0 Å². The van der Waals surface area contributed by atoms with Crippen LogP contribution < -0.4 is 10.6 Å². The van der Waals surface area contributed by atoms with Gasteiger partial charge in [0.1, 0.15) is 6.54 Å². The van der Waals surface area contributed by atoms with Crippen LogP contribution in [0, 0.1) is 5.92 Å². The summed E-state index contributed by atoms with van der Waals surface area (Å²) in [6, 6.07) is 14.0. The third-order valence-electron chi connectivity index (χ3n) is 4.28. The largest absolute Gasteiger partial charge is 0.326 e. The van der Waals surface area contributed by atoms with Crippen LogP contribution in [0.3, 0.4) is 0 Å². The lowest BCUT2D eigenvalue weighted by molar-refractivity contribution is -0.119. The Morgan fingerprint density at radius 3 is 2.26 bits per heavy atom. The van der Waals surface area contributed by atoms with E-state index in [0.717, 1.165) is 5.56 Å². The SMILES string of the molecule is C=C1c2ccccc2C(=O)N1CC(=O)Nc1cccc(NC(=O)C(C)C)c1. The standard InChI is InChI=1S/C21H21N3O3/c1-13(2)20(26)23-16-8-6-7-15(11-16)22-19(25)12-24-14(3)17-9-4-5-10-18(17)21(24)27/h4-11,13H,3,12H2,1-2H3,(H,22,25)(H,23,26). The summed E-state index contributed by atoms with van der Waals surface area (Å²) in [6.07, 6.45) is 0. The van der Waals surface area contributed by atoms with Crippen LogP contribution in [-0.2, 0) is 9.59 Å². The van der Waals surface area contributed by atoms with Crippen LogP contribution in [0.5, 0.6) is 0 Å². The molecule has 0 spiro atoms. The van der Waals surface area contributed by atoms with E-state index in [9.17, 15) is 14.4 Å². The predicted molar refractivity (Wildman–Crippen MR) is 105 cm³/mol. The van der Waals surface area contributed by atoms with Crippen LogP contribution in [0.15, 0.2) is 55.1 Å². The van der Waals surface area contributed by atoms with Gasteiger partial charge in [-0.1, -0.05) is 44.7 Å². The van der Waals surface area contributed by atoms with Gasteiger partial charge in [-0.05, 0) is 24.3 Å². The number of carbonyl (C=O) groups excluding carboxylic acids is 3. The van der Waals surface area contributed by atoms with Crippen LogP contribution in [0.2, 0.25) is 0 Å². The van der Waals surface area contributed by atoms with E-state index in [0.29, 0.717) is 22.6 Å². The fourth-order valence-corrected chi connectivity index (χ4v) is 2.81. The number of benzene rings is 2. The van der Waals surface area contributed by atoms with Crippen molar-refractivity contribution in [3.63, 3.8) is 0 Å². The monoisotopic (exact) mass is 363 g/mol. The summed E-state index contributed by atoms with van der Waals surface area (Å²) in [4.78, 5) is 38.1. The van der Waals surface area contributed by atoms with Gasteiger partial charge in [0.05, 0.1) is 0 Å². The molecule has 138 valence electrons. The molecular weight excluding hydrogens is 342 g/mol. The molecule has 1 heterocycles. The molecule has 0 saturated heterocycles.